The lowest BCUT2D eigenvalue weighted by atomic mass is 9.45. The van der Waals surface area contributed by atoms with Crippen molar-refractivity contribution in [2.24, 2.45) is 34.5 Å². The number of aliphatic hydroxyl groups excluding tert-OH is 1. The van der Waals surface area contributed by atoms with E-state index in [1.54, 1.807) is 20.8 Å². The van der Waals surface area contributed by atoms with Crippen LogP contribution in [-0.2, 0) is 29.9 Å². The molecule has 4 aliphatic carbocycles. The largest absolute Gasteiger partial charge is 0.458 e. The van der Waals surface area contributed by atoms with Gasteiger partial charge in [-0.15, -0.1) is 0 Å². The molecule has 7 nitrogen and oxygen atoms in total. The number of carbonyl (C=O) groups excluding carboxylic acids is 3. The number of alkyl halides is 2. The first-order chi connectivity index (χ1) is 16.6. The zero-order chi connectivity index (χ0) is 26.8. The average Bonchev–Trinajstić information content (AvgIpc) is 2.98. The van der Waals surface area contributed by atoms with Gasteiger partial charge < -0.3 is 14.9 Å². The summed E-state index contributed by atoms with van der Waals surface area (Å²) in [6.07, 6.45) is 3.64. The van der Waals surface area contributed by atoms with Crippen LogP contribution in [0.1, 0.15) is 46.5 Å². The molecular formula is C26H34F2O7S. The fourth-order valence-electron chi connectivity index (χ4n) is 7.86. The van der Waals surface area contributed by atoms with E-state index in [1.165, 1.54) is 18.4 Å². The van der Waals surface area contributed by atoms with Crippen molar-refractivity contribution in [3.63, 3.8) is 0 Å². The van der Waals surface area contributed by atoms with Crippen LogP contribution in [-0.4, -0.2) is 68.2 Å². The summed E-state index contributed by atoms with van der Waals surface area (Å²) in [5, 5.41) is 23.2. The molecule has 1 unspecified atom stereocenters. The summed E-state index contributed by atoms with van der Waals surface area (Å²) in [5.41, 5.74) is -4.72. The lowest BCUT2D eigenvalue weighted by molar-refractivity contribution is -0.197. The molecule has 0 aromatic heterocycles. The van der Waals surface area contributed by atoms with Gasteiger partial charge in [-0.3, -0.25) is 18.6 Å². The smallest absolute Gasteiger partial charge is 0.307 e. The fourth-order valence-corrected chi connectivity index (χ4v) is 8.31. The number of fused-ring (bicyclic) bond motifs is 5. The molecule has 0 radical (unpaired) electrons. The number of ketones is 2. The number of allylic oxidation sites excluding steroid dienone is 4. The zero-order valence-electron chi connectivity index (χ0n) is 21.0. The van der Waals surface area contributed by atoms with Crippen LogP contribution in [0.25, 0.3) is 0 Å². The summed E-state index contributed by atoms with van der Waals surface area (Å²) in [5.74, 6) is -7.57. The van der Waals surface area contributed by atoms with Gasteiger partial charge in [0.15, 0.2) is 12.4 Å². The SMILES string of the molecule is C[C@@H]1C[C@H]2[C@@H]3CC(F)(F)C4=CC(=O)C=C[C@]4(C)[C@H]3[C@@H](O)C[C@]2(C)[C@@]1(O)C(=O)COC(=O)CCS(C)=O. The van der Waals surface area contributed by atoms with Crippen LogP contribution in [0.5, 0.6) is 0 Å². The van der Waals surface area contributed by atoms with E-state index in [-0.39, 0.29) is 24.2 Å². The highest BCUT2D eigenvalue weighted by Crippen LogP contribution is 2.70. The minimum Gasteiger partial charge on any atom is -0.458 e. The second kappa shape index (κ2) is 8.91. The zero-order valence-corrected chi connectivity index (χ0v) is 21.8. The molecule has 0 spiro atoms. The van der Waals surface area contributed by atoms with E-state index >= 15 is 8.78 Å². The third kappa shape index (κ3) is 3.95. The monoisotopic (exact) mass is 528 g/mol. The highest BCUT2D eigenvalue weighted by Gasteiger charge is 2.72. The van der Waals surface area contributed by atoms with Crippen LogP contribution in [0.4, 0.5) is 8.78 Å². The molecule has 0 aromatic carbocycles. The van der Waals surface area contributed by atoms with Crippen molar-refractivity contribution >= 4 is 28.3 Å². The van der Waals surface area contributed by atoms with E-state index in [4.69, 9.17) is 4.74 Å². The standard InChI is InChI=1S/C26H34F2O7S/c1-14-9-17-16-11-25(27,28)19-10-15(29)5-7-23(19,2)22(16)18(30)12-24(17,3)26(14,33)20(31)13-35-21(32)6-8-36(4)34/h5,7,10,14,16-18,22,30,33H,6,8-9,11-13H2,1-4H3/t14-,16+,17+,18+,22-,23+,24+,26+,36?/m1/s1. The summed E-state index contributed by atoms with van der Waals surface area (Å²) in [6.45, 7) is 4.27. The van der Waals surface area contributed by atoms with Crippen molar-refractivity contribution in [2.75, 3.05) is 18.6 Å². The molecule has 10 heteroatoms. The topological polar surface area (TPSA) is 118 Å². The number of hydrogen-bond donors (Lipinski definition) is 2. The lowest BCUT2D eigenvalue weighted by Crippen LogP contribution is -2.64. The van der Waals surface area contributed by atoms with Crippen LogP contribution >= 0.6 is 0 Å². The molecule has 4 rings (SSSR count). The van der Waals surface area contributed by atoms with Gasteiger partial charge in [0.2, 0.25) is 5.78 Å². The van der Waals surface area contributed by atoms with Gasteiger partial charge >= 0.3 is 5.97 Å². The number of esters is 1. The van der Waals surface area contributed by atoms with E-state index < -0.39 is 93.5 Å². The summed E-state index contributed by atoms with van der Waals surface area (Å²) in [6, 6.07) is 0. The summed E-state index contributed by atoms with van der Waals surface area (Å²) in [7, 11) is -1.20. The quantitative estimate of drug-likeness (QED) is 0.508. The van der Waals surface area contributed by atoms with Crippen LogP contribution in [0.2, 0.25) is 0 Å². The molecule has 4 aliphatic rings. The number of halogens is 2. The molecule has 0 saturated heterocycles. The molecular weight excluding hydrogens is 494 g/mol. The Morgan fingerprint density at radius 3 is 2.56 bits per heavy atom. The fraction of sp³-hybridized carbons (Fsp3) is 0.731. The molecule has 36 heavy (non-hydrogen) atoms. The van der Waals surface area contributed by atoms with Crippen molar-refractivity contribution in [2.45, 2.75) is 64.1 Å². The minimum atomic E-state index is -3.28. The third-order valence-electron chi connectivity index (χ3n) is 9.46. The summed E-state index contributed by atoms with van der Waals surface area (Å²) in [4.78, 5) is 37.2. The first-order valence-electron chi connectivity index (χ1n) is 12.3. The maximum Gasteiger partial charge on any atom is 0.307 e. The Balaban J connectivity index is 1.64. The van der Waals surface area contributed by atoms with Crippen molar-refractivity contribution in [1.29, 1.82) is 0 Å². The van der Waals surface area contributed by atoms with Gasteiger partial charge in [-0.25, -0.2) is 8.78 Å². The number of rotatable bonds is 6. The maximum absolute atomic E-state index is 15.5. The summed E-state index contributed by atoms with van der Waals surface area (Å²) >= 11 is 0. The van der Waals surface area contributed by atoms with Crippen molar-refractivity contribution in [3.05, 3.63) is 23.8 Å². The van der Waals surface area contributed by atoms with E-state index in [0.29, 0.717) is 6.42 Å². The Morgan fingerprint density at radius 2 is 1.92 bits per heavy atom. The second-order valence-corrected chi connectivity index (χ2v) is 13.0. The van der Waals surface area contributed by atoms with Crippen molar-refractivity contribution < 1.29 is 42.3 Å². The molecule has 3 saturated carbocycles. The number of Topliss-reactive ketones (excluding diaryl/α,β-unsaturated/α-hetero) is 1. The van der Waals surface area contributed by atoms with Crippen molar-refractivity contribution in [1.82, 2.24) is 0 Å². The van der Waals surface area contributed by atoms with Gasteiger partial charge in [0.1, 0.15) is 5.60 Å². The van der Waals surface area contributed by atoms with Crippen LogP contribution in [0, 0.1) is 34.5 Å². The Morgan fingerprint density at radius 1 is 1.25 bits per heavy atom. The summed E-state index contributed by atoms with van der Waals surface area (Å²) < 4.78 is 47.2. The van der Waals surface area contributed by atoms with Gasteiger partial charge in [-0.05, 0) is 42.7 Å². The Labute approximate surface area is 211 Å². The molecule has 0 amide bonds. The van der Waals surface area contributed by atoms with E-state index in [1.807, 2.05) is 0 Å². The minimum absolute atomic E-state index is 0.00437. The van der Waals surface area contributed by atoms with Crippen molar-refractivity contribution in [3.8, 4) is 0 Å². The highest BCUT2D eigenvalue weighted by molar-refractivity contribution is 7.84. The first kappa shape index (κ1) is 27.3. The third-order valence-corrected chi connectivity index (χ3v) is 10.2. The Kier molecular flexibility index (Phi) is 6.75. The predicted octanol–water partition coefficient (Wildman–Crippen LogP) is 2.37. The lowest BCUT2D eigenvalue weighted by Gasteiger charge is -2.60. The molecule has 2 N–H and O–H groups in total. The number of hydrogen-bond acceptors (Lipinski definition) is 7. The van der Waals surface area contributed by atoms with E-state index in [9.17, 15) is 28.8 Å². The molecule has 3 fully saturated rings. The number of carbonyl (C=O) groups is 3. The second-order valence-electron chi connectivity index (χ2n) is 11.5. The Bertz CT molecular complexity index is 1070. The van der Waals surface area contributed by atoms with Crippen LogP contribution in [0.15, 0.2) is 23.8 Å². The van der Waals surface area contributed by atoms with Gasteiger partial charge in [0.05, 0.1) is 12.5 Å². The van der Waals surface area contributed by atoms with Gasteiger partial charge in [-0.2, -0.15) is 0 Å². The number of aliphatic hydroxyl groups is 2. The molecule has 200 valence electrons. The predicted molar refractivity (Wildman–Crippen MR) is 127 cm³/mol. The number of ether oxygens (including phenoxy) is 1. The first-order valence-corrected chi connectivity index (χ1v) is 14.0. The van der Waals surface area contributed by atoms with E-state index in [0.717, 1.165) is 6.08 Å². The molecule has 0 heterocycles. The van der Waals surface area contributed by atoms with E-state index in [2.05, 4.69) is 0 Å². The molecule has 0 aromatic rings. The molecule has 0 bridgehead atoms. The van der Waals surface area contributed by atoms with Gasteiger partial charge in [0, 0.05) is 51.6 Å². The van der Waals surface area contributed by atoms with Gasteiger partial charge in [-0.1, -0.05) is 26.8 Å². The molecule has 9 atom stereocenters. The van der Waals surface area contributed by atoms with Crippen LogP contribution in [0.3, 0.4) is 0 Å². The maximum atomic E-state index is 15.5. The normalized spacial score (nSPS) is 43.6. The highest BCUT2D eigenvalue weighted by atomic mass is 32.2. The van der Waals surface area contributed by atoms with Crippen LogP contribution < -0.4 is 0 Å². The Hall–Kier alpha value is -1.78. The molecule has 0 aliphatic heterocycles. The average molecular weight is 529 g/mol. The van der Waals surface area contributed by atoms with Gasteiger partial charge in [0.25, 0.3) is 5.92 Å².